The molecule has 0 spiro atoms. The number of hydrogen-bond acceptors (Lipinski definition) is 2. The summed E-state index contributed by atoms with van der Waals surface area (Å²) < 4.78 is 0. The lowest BCUT2D eigenvalue weighted by molar-refractivity contribution is 0.308. The molecule has 1 fully saturated rings. The number of rotatable bonds is 2. The lowest BCUT2D eigenvalue weighted by Crippen LogP contribution is -2.36. The van der Waals surface area contributed by atoms with Crippen LogP contribution in [0.4, 0.5) is 0 Å². The zero-order valence-electron chi connectivity index (χ0n) is 9.75. The van der Waals surface area contributed by atoms with Gasteiger partial charge in [0.2, 0.25) is 0 Å². The molecule has 1 rings (SSSR count). The highest BCUT2D eigenvalue weighted by Gasteiger charge is 2.26. The topological polar surface area (TPSA) is 46.2 Å². The first-order chi connectivity index (χ1) is 6.59. The summed E-state index contributed by atoms with van der Waals surface area (Å²) in [5.74, 6) is 1.01. The van der Waals surface area contributed by atoms with Crippen LogP contribution in [-0.2, 0) is 0 Å². The molecule has 0 atom stereocenters. The van der Waals surface area contributed by atoms with Gasteiger partial charge in [-0.2, -0.15) is 0 Å². The molecule has 0 aliphatic heterocycles. The lowest BCUT2D eigenvalue weighted by atomic mass is 9.76. The zero-order chi connectivity index (χ0) is 11.1. The van der Waals surface area contributed by atoms with Gasteiger partial charge in [0.15, 0.2) is 0 Å². The van der Waals surface area contributed by atoms with E-state index < -0.39 is 0 Å². The van der Waals surface area contributed by atoms with Crippen molar-refractivity contribution in [1.82, 2.24) is 0 Å². The molecule has 3 N–H and O–H groups in total. The van der Waals surface area contributed by atoms with Crippen LogP contribution in [-0.4, -0.2) is 11.1 Å². The molecular formula is C12H23NO. The fraction of sp³-hybridized carbons (Fsp3) is 0.667. The minimum absolute atomic E-state index is 0.359. The molecule has 0 aromatic heterocycles. The normalized spacial score (nSPS) is 27.5. The van der Waals surface area contributed by atoms with Crippen LogP contribution in [0.2, 0.25) is 0 Å². The van der Waals surface area contributed by atoms with Gasteiger partial charge in [-0.15, -0.1) is 0 Å². The summed E-state index contributed by atoms with van der Waals surface area (Å²) in [4.78, 5) is 0. The molecule has 2 nitrogen and oxygen atoms in total. The van der Waals surface area contributed by atoms with Crippen LogP contribution in [0.3, 0.4) is 0 Å². The SMILES string of the molecule is C/C(O)=C\C=C(/C)C1CC(N)C1.CC. The van der Waals surface area contributed by atoms with Crippen molar-refractivity contribution in [2.75, 3.05) is 0 Å². The Morgan fingerprint density at radius 3 is 2.07 bits per heavy atom. The first kappa shape index (κ1) is 13.2. The lowest BCUT2D eigenvalue weighted by Gasteiger charge is -2.33. The molecule has 0 saturated heterocycles. The van der Waals surface area contributed by atoms with E-state index >= 15 is 0 Å². The van der Waals surface area contributed by atoms with E-state index in [1.165, 1.54) is 5.57 Å². The highest BCUT2D eigenvalue weighted by atomic mass is 16.3. The Morgan fingerprint density at radius 1 is 1.21 bits per heavy atom. The number of allylic oxidation sites excluding steroid dienone is 4. The molecule has 14 heavy (non-hydrogen) atoms. The van der Waals surface area contributed by atoms with Gasteiger partial charge in [0.25, 0.3) is 0 Å². The maximum atomic E-state index is 8.92. The number of aliphatic hydroxyl groups is 1. The summed E-state index contributed by atoms with van der Waals surface area (Å²) >= 11 is 0. The first-order valence-electron chi connectivity index (χ1n) is 5.39. The van der Waals surface area contributed by atoms with Crippen molar-refractivity contribution >= 4 is 0 Å². The third kappa shape index (κ3) is 4.47. The second-order valence-corrected chi connectivity index (χ2v) is 3.65. The van der Waals surface area contributed by atoms with E-state index in [-0.39, 0.29) is 0 Å². The molecule has 0 heterocycles. The van der Waals surface area contributed by atoms with Gasteiger partial charge in [-0.05, 0) is 38.7 Å². The van der Waals surface area contributed by atoms with Crippen molar-refractivity contribution in [2.45, 2.75) is 46.6 Å². The first-order valence-corrected chi connectivity index (χ1v) is 5.39. The van der Waals surface area contributed by atoms with Crippen LogP contribution >= 0.6 is 0 Å². The summed E-state index contributed by atoms with van der Waals surface area (Å²) in [6.07, 6.45) is 5.91. The van der Waals surface area contributed by atoms with Crippen molar-refractivity contribution in [3.8, 4) is 0 Å². The van der Waals surface area contributed by atoms with Crippen molar-refractivity contribution in [3.63, 3.8) is 0 Å². The molecule has 0 radical (unpaired) electrons. The van der Waals surface area contributed by atoms with Crippen molar-refractivity contribution < 1.29 is 5.11 Å². The van der Waals surface area contributed by atoms with Crippen molar-refractivity contribution in [2.24, 2.45) is 11.7 Å². The summed E-state index contributed by atoms with van der Waals surface area (Å²) in [6.45, 7) is 7.77. The molecule has 0 bridgehead atoms. The molecule has 0 aromatic carbocycles. The van der Waals surface area contributed by atoms with Gasteiger partial charge in [-0.25, -0.2) is 0 Å². The molecule has 0 amide bonds. The third-order valence-corrected chi connectivity index (χ3v) is 2.41. The van der Waals surface area contributed by atoms with Gasteiger partial charge in [0, 0.05) is 6.04 Å². The maximum Gasteiger partial charge on any atom is 0.0891 e. The Labute approximate surface area is 87.5 Å². The fourth-order valence-corrected chi connectivity index (χ4v) is 1.42. The predicted octanol–water partition coefficient (Wildman–Crippen LogP) is 3.16. The minimum Gasteiger partial charge on any atom is -0.513 e. The molecule has 82 valence electrons. The van der Waals surface area contributed by atoms with Crippen LogP contribution in [0, 0.1) is 5.92 Å². The Bertz CT molecular complexity index is 208. The van der Waals surface area contributed by atoms with E-state index in [0.29, 0.717) is 17.7 Å². The number of aliphatic hydroxyl groups excluding tert-OH is 1. The van der Waals surface area contributed by atoms with Crippen molar-refractivity contribution in [1.29, 1.82) is 0 Å². The van der Waals surface area contributed by atoms with Crippen LogP contribution in [0.25, 0.3) is 0 Å². The van der Waals surface area contributed by atoms with Crippen LogP contribution < -0.4 is 5.73 Å². The van der Waals surface area contributed by atoms with Gasteiger partial charge >= 0.3 is 0 Å². The molecule has 1 aliphatic carbocycles. The Hall–Kier alpha value is -0.760. The largest absolute Gasteiger partial charge is 0.513 e. The Morgan fingerprint density at radius 2 is 1.71 bits per heavy atom. The van der Waals surface area contributed by atoms with Gasteiger partial charge in [0.1, 0.15) is 0 Å². The molecule has 2 heteroatoms. The second kappa shape index (κ2) is 6.66. The van der Waals surface area contributed by atoms with Gasteiger partial charge in [-0.3, -0.25) is 0 Å². The average Bonchev–Trinajstić information content (AvgIpc) is 2.12. The van der Waals surface area contributed by atoms with E-state index in [1.54, 1.807) is 13.0 Å². The fourth-order valence-electron chi connectivity index (χ4n) is 1.42. The van der Waals surface area contributed by atoms with E-state index in [9.17, 15) is 0 Å². The van der Waals surface area contributed by atoms with Gasteiger partial charge in [-0.1, -0.05) is 25.5 Å². The summed E-state index contributed by atoms with van der Waals surface area (Å²) in [5.41, 5.74) is 6.99. The Balaban J connectivity index is 0.000000791. The Kier molecular flexibility index (Phi) is 6.30. The second-order valence-electron chi connectivity index (χ2n) is 3.65. The highest BCUT2D eigenvalue weighted by Crippen LogP contribution is 2.31. The van der Waals surface area contributed by atoms with Crippen molar-refractivity contribution in [3.05, 3.63) is 23.5 Å². The van der Waals surface area contributed by atoms with Crippen LogP contribution in [0.15, 0.2) is 23.5 Å². The van der Waals surface area contributed by atoms with Crippen LogP contribution in [0.1, 0.15) is 40.5 Å². The average molecular weight is 197 g/mol. The smallest absolute Gasteiger partial charge is 0.0891 e. The monoisotopic (exact) mass is 197 g/mol. The summed E-state index contributed by atoms with van der Waals surface area (Å²) in [6, 6.07) is 0.401. The van der Waals surface area contributed by atoms with E-state index in [4.69, 9.17) is 10.8 Å². The number of nitrogens with two attached hydrogens (primary N) is 1. The van der Waals surface area contributed by atoms with Crippen LogP contribution in [0.5, 0.6) is 0 Å². The van der Waals surface area contributed by atoms with Gasteiger partial charge in [0.05, 0.1) is 5.76 Å². The van der Waals surface area contributed by atoms with E-state index in [2.05, 4.69) is 6.92 Å². The third-order valence-electron chi connectivity index (χ3n) is 2.41. The number of hydrogen-bond donors (Lipinski definition) is 2. The summed E-state index contributed by atoms with van der Waals surface area (Å²) in [7, 11) is 0. The van der Waals surface area contributed by atoms with E-state index in [0.717, 1.165) is 12.8 Å². The summed E-state index contributed by atoms with van der Waals surface area (Å²) in [5, 5.41) is 8.92. The molecule has 1 aliphatic rings. The quantitative estimate of drug-likeness (QED) is 0.527. The maximum absolute atomic E-state index is 8.92. The standard InChI is InChI=1S/C10H17NO.C2H6/c1-7(3-4-8(2)12)9-5-10(11)6-9;1-2/h3-4,9-10,12H,5-6,11H2,1-2H3;1-2H3/b7-3+,8-4+;. The highest BCUT2D eigenvalue weighted by molar-refractivity contribution is 5.17. The van der Waals surface area contributed by atoms with Gasteiger partial charge < -0.3 is 10.8 Å². The minimum atomic E-state index is 0.359. The molecular weight excluding hydrogens is 174 g/mol. The predicted molar refractivity (Wildman–Crippen MR) is 62.2 cm³/mol. The van der Waals surface area contributed by atoms with E-state index in [1.807, 2.05) is 19.9 Å². The molecule has 0 unspecified atom stereocenters. The zero-order valence-corrected chi connectivity index (χ0v) is 9.75. The molecule has 1 saturated carbocycles. The molecule has 0 aromatic rings.